The predicted octanol–water partition coefficient (Wildman–Crippen LogP) is 1.18. The first-order valence-corrected chi connectivity index (χ1v) is 9.33. The Morgan fingerprint density at radius 3 is 2.61 bits per heavy atom. The van der Waals surface area contributed by atoms with Crippen molar-refractivity contribution in [2.45, 2.75) is 38.6 Å². The monoisotopic (exact) mass is 383 g/mol. The van der Waals surface area contributed by atoms with Crippen LogP contribution in [0.25, 0.3) is 10.8 Å². The van der Waals surface area contributed by atoms with Gasteiger partial charge in [-0.1, -0.05) is 17.3 Å². The van der Waals surface area contributed by atoms with Crippen molar-refractivity contribution in [1.29, 1.82) is 0 Å². The average Bonchev–Trinajstić information content (AvgIpc) is 3.16. The van der Waals surface area contributed by atoms with Crippen LogP contribution in [0.2, 0.25) is 0 Å². The molecule has 3 heterocycles. The Hall–Kier alpha value is -3.23. The number of H-pyrrole nitrogens is 1. The van der Waals surface area contributed by atoms with Gasteiger partial charge in [-0.2, -0.15) is 4.98 Å². The van der Waals surface area contributed by atoms with Gasteiger partial charge in [0.15, 0.2) is 5.82 Å². The van der Waals surface area contributed by atoms with E-state index in [1.807, 2.05) is 0 Å². The number of hydrogen-bond acceptors (Lipinski definition) is 6. The maximum absolute atomic E-state index is 12.5. The molecule has 0 saturated carbocycles. The van der Waals surface area contributed by atoms with E-state index >= 15 is 0 Å². The van der Waals surface area contributed by atoms with Gasteiger partial charge in [0.25, 0.3) is 11.1 Å². The highest BCUT2D eigenvalue weighted by Crippen LogP contribution is 2.26. The zero-order valence-corrected chi connectivity index (χ0v) is 15.6. The summed E-state index contributed by atoms with van der Waals surface area (Å²) in [5, 5.41) is 7.09. The van der Waals surface area contributed by atoms with E-state index in [4.69, 9.17) is 4.52 Å². The number of aryl methyl sites for hydroxylation is 2. The van der Waals surface area contributed by atoms with Gasteiger partial charge in [0.2, 0.25) is 11.8 Å². The van der Waals surface area contributed by atoms with Gasteiger partial charge < -0.3 is 9.42 Å². The molecule has 0 spiro atoms. The van der Waals surface area contributed by atoms with E-state index in [9.17, 15) is 14.4 Å². The van der Waals surface area contributed by atoms with Crippen LogP contribution >= 0.6 is 0 Å². The van der Waals surface area contributed by atoms with E-state index in [1.54, 1.807) is 36.1 Å². The number of aromatic amines is 1. The summed E-state index contributed by atoms with van der Waals surface area (Å²) in [5.74, 6) is 1.37. The van der Waals surface area contributed by atoms with Gasteiger partial charge in [-0.05, 0) is 31.9 Å². The van der Waals surface area contributed by atoms with Crippen LogP contribution in [0.4, 0.5) is 0 Å². The molecule has 0 unspecified atom stereocenters. The van der Waals surface area contributed by atoms with Crippen LogP contribution in [0.15, 0.2) is 38.4 Å². The minimum absolute atomic E-state index is 0.0407. The molecule has 0 aliphatic carbocycles. The molecule has 3 aromatic rings. The largest absolute Gasteiger partial charge is 0.343 e. The third kappa shape index (κ3) is 3.47. The van der Waals surface area contributed by atoms with Crippen molar-refractivity contribution >= 4 is 16.7 Å². The fraction of sp³-hybridized carbons (Fsp3) is 0.421. The van der Waals surface area contributed by atoms with Gasteiger partial charge in [-0.3, -0.25) is 19.5 Å². The lowest BCUT2D eigenvalue weighted by Crippen LogP contribution is -2.39. The van der Waals surface area contributed by atoms with E-state index in [-0.39, 0.29) is 35.9 Å². The summed E-state index contributed by atoms with van der Waals surface area (Å²) < 4.78 is 6.45. The summed E-state index contributed by atoms with van der Waals surface area (Å²) in [4.78, 5) is 43.3. The second-order valence-electron chi connectivity index (χ2n) is 7.03. The molecule has 1 saturated heterocycles. The summed E-state index contributed by atoms with van der Waals surface area (Å²) in [5.41, 5.74) is -0.633. The molecule has 0 atom stereocenters. The number of fused-ring (bicyclic) bond motifs is 1. The van der Waals surface area contributed by atoms with Crippen LogP contribution in [-0.2, 0) is 11.3 Å². The smallest absolute Gasteiger partial charge is 0.273 e. The van der Waals surface area contributed by atoms with E-state index in [2.05, 4.69) is 15.2 Å². The number of carbonyl (C=O) groups is 1. The number of hydrogen-bond donors (Lipinski definition) is 1. The third-order valence-electron chi connectivity index (χ3n) is 5.17. The van der Waals surface area contributed by atoms with Gasteiger partial charge in [0, 0.05) is 25.4 Å². The summed E-state index contributed by atoms with van der Waals surface area (Å²) in [7, 11) is 0. The highest BCUT2D eigenvalue weighted by molar-refractivity contribution is 5.80. The molecular weight excluding hydrogens is 362 g/mol. The van der Waals surface area contributed by atoms with E-state index in [0.29, 0.717) is 35.6 Å². The Morgan fingerprint density at radius 1 is 1.21 bits per heavy atom. The van der Waals surface area contributed by atoms with Crippen molar-refractivity contribution in [3.8, 4) is 0 Å². The van der Waals surface area contributed by atoms with Crippen molar-refractivity contribution in [3.63, 3.8) is 0 Å². The summed E-state index contributed by atoms with van der Waals surface area (Å²) >= 11 is 0. The molecule has 146 valence electrons. The first-order chi connectivity index (χ1) is 13.5. The van der Waals surface area contributed by atoms with E-state index in [0.717, 1.165) is 12.8 Å². The van der Waals surface area contributed by atoms with Crippen molar-refractivity contribution in [2.75, 3.05) is 13.1 Å². The molecule has 1 aliphatic rings. The second kappa shape index (κ2) is 7.41. The minimum atomic E-state index is -0.335. The van der Waals surface area contributed by atoms with Gasteiger partial charge in [0.1, 0.15) is 0 Å². The third-order valence-corrected chi connectivity index (χ3v) is 5.17. The summed E-state index contributed by atoms with van der Waals surface area (Å²) in [6.45, 7) is 3.13. The molecular formula is C19H21N5O4. The molecule has 4 rings (SSSR count). The molecule has 1 aliphatic heterocycles. The van der Waals surface area contributed by atoms with Crippen LogP contribution in [0.5, 0.6) is 0 Å². The Morgan fingerprint density at radius 2 is 1.93 bits per heavy atom. The fourth-order valence-corrected chi connectivity index (χ4v) is 3.62. The molecule has 2 aromatic heterocycles. The molecule has 28 heavy (non-hydrogen) atoms. The van der Waals surface area contributed by atoms with Crippen LogP contribution in [0.1, 0.15) is 36.9 Å². The number of piperidine rings is 1. The Labute approximate surface area is 159 Å². The molecule has 9 nitrogen and oxygen atoms in total. The van der Waals surface area contributed by atoms with Crippen molar-refractivity contribution in [3.05, 3.63) is 56.7 Å². The maximum Gasteiger partial charge on any atom is 0.273 e. The Bertz CT molecular complexity index is 1120. The fourth-order valence-electron chi connectivity index (χ4n) is 3.62. The number of nitrogens with one attached hydrogen (secondary N) is 1. The van der Waals surface area contributed by atoms with Crippen LogP contribution < -0.4 is 11.1 Å². The number of likely N-dealkylation sites (tertiary alicyclic amines) is 1. The lowest BCUT2D eigenvalue weighted by molar-refractivity contribution is -0.132. The molecule has 0 radical (unpaired) electrons. The van der Waals surface area contributed by atoms with E-state index in [1.165, 1.54) is 4.68 Å². The summed E-state index contributed by atoms with van der Waals surface area (Å²) in [6.07, 6.45) is 1.68. The van der Waals surface area contributed by atoms with Gasteiger partial charge in [-0.15, -0.1) is 0 Å². The second-order valence-corrected chi connectivity index (χ2v) is 7.03. The quantitative estimate of drug-likeness (QED) is 0.724. The summed E-state index contributed by atoms with van der Waals surface area (Å²) in [6, 6.07) is 6.66. The van der Waals surface area contributed by atoms with Crippen molar-refractivity contribution < 1.29 is 9.32 Å². The van der Waals surface area contributed by atoms with Crippen LogP contribution in [0.3, 0.4) is 0 Å². The lowest BCUT2D eigenvalue weighted by atomic mass is 9.96. The lowest BCUT2D eigenvalue weighted by Gasteiger charge is -2.30. The number of amides is 1. The molecule has 9 heteroatoms. The number of carbonyl (C=O) groups excluding carboxylic acids is 1. The first kappa shape index (κ1) is 18.1. The van der Waals surface area contributed by atoms with Crippen molar-refractivity contribution in [2.24, 2.45) is 0 Å². The Balaban J connectivity index is 1.39. The standard InChI is InChI=1S/C19H21N5O4/c1-12-20-18(28-22-12)13-6-9-23(10-7-13)16(25)8-11-24-19(27)15-5-3-2-4-14(15)17(26)21-24/h2-5,13H,6-11H2,1H3,(H,21,26). The Kier molecular flexibility index (Phi) is 4.81. The average molecular weight is 383 g/mol. The highest BCUT2D eigenvalue weighted by atomic mass is 16.5. The minimum Gasteiger partial charge on any atom is -0.343 e. The zero-order chi connectivity index (χ0) is 19.7. The van der Waals surface area contributed by atoms with Crippen molar-refractivity contribution in [1.82, 2.24) is 24.8 Å². The van der Waals surface area contributed by atoms with Crippen LogP contribution in [0, 0.1) is 6.92 Å². The number of aromatic nitrogens is 4. The maximum atomic E-state index is 12.5. The first-order valence-electron chi connectivity index (χ1n) is 9.33. The number of nitrogens with zero attached hydrogens (tertiary/aromatic N) is 4. The van der Waals surface area contributed by atoms with Gasteiger partial charge in [0.05, 0.1) is 17.3 Å². The molecule has 1 aromatic carbocycles. The molecule has 1 N–H and O–H groups in total. The van der Waals surface area contributed by atoms with Gasteiger partial charge >= 0.3 is 0 Å². The van der Waals surface area contributed by atoms with Gasteiger partial charge in [-0.25, -0.2) is 4.68 Å². The topological polar surface area (TPSA) is 114 Å². The normalized spacial score (nSPS) is 15.2. The molecule has 0 bridgehead atoms. The molecule has 1 fully saturated rings. The predicted molar refractivity (Wildman–Crippen MR) is 101 cm³/mol. The number of rotatable bonds is 4. The molecule has 1 amide bonds. The van der Waals surface area contributed by atoms with E-state index < -0.39 is 0 Å². The number of benzene rings is 1. The highest BCUT2D eigenvalue weighted by Gasteiger charge is 2.27. The van der Waals surface area contributed by atoms with Crippen LogP contribution in [-0.4, -0.2) is 43.8 Å². The SMILES string of the molecule is Cc1noc(C2CCN(C(=O)CCn3[nH]c(=O)c4ccccc4c3=O)CC2)n1. The zero-order valence-electron chi connectivity index (χ0n) is 15.6.